The molecule has 2 N–H and O–H groups in total. The van der Waals surface area contributed by atoms with Crippen LogP contribution in [0.3, 0.4) is 0 Å². The Morgan fingerprint density at radius 1 is 1.45 bits per heavy atom. The number of halogens is 4. The molecule has 1 rings (SSSR count). The summed E-state index contributed by atoms with van der Waals surface area (Å²) in [5, 5.41) is 9.86. The number of thiocarbonyl (C=S) groups is 1. The van der Waals surface area contributed by atoms with Gasteiger partial charge in [-0.3, -0.25) is 4.68 Å². The summed E-state index contributed by atoms with van der Waals surface area (Å²) in [5.41, 5.74) is -0.720. The molecule has 0 aliphatic rings. The molecule has 1 aromatic heterocycles. The normalized spacial score (nSPS) is 13.0. The predicted molar refractivity (Wildman–Crippen MR) is 85.1 cm³/mol. The highest BCUT2D eigenvalue weighted by Crippen LogP contribution is 2.35. The number of aryl methyl sites for hydroxylation is 1. The van der Waals surface area contributed by atoms with Gasteiger partial charge >= 0.3 is 6.18 Å². The summed E-state index contributed by atoms with van der Waals surface area (Å²) < 4.78 is 39.4. The van der Waals surface area contributed by atoms with E-state index in [9.17, 15) is 13.2 Å². The number of hydrogen-bond donors (Lipinski definition) is 2. The molecule has 1 atom stereocenters. The summed E-state index contributed by atoms with van der Waals surface area (Å²) in [5.74, 6) is 0. The molecular weight excluding hydrogens is 337 g/mol. The molecule has 0 spiro atoms. The largest absolute Gasteiger partial charge is 0.436 e. The van der Waals surface area contributed by atoms with Crippen LogP contribution in [0.4, 0.5) is 13.2 Å². The Hall–Kier alpha value is -1.02. The van der Waals surface area contributed by atoms with Gasteiger partial charge < -0.3 is 10.6 Å². The van der Waals surface area contributed by atoms with Crippen LogP contribution in [0, 0.1) is 6.92 Å². The van der Waals surface area contributed by atoms with Crippen molar-refractivity contribution < 1.29 is 13.2 Å². The average molecular weight is 357 g/mol. The average Bonchev–Trinajstić information content (AvgIpc) is 2.71. The zero-order chi connectivity index (χ0) is 16.9. The summed E-state index contributed by atoms with van der Waals surface area (Å²) >= 11 is 10.8. The number of aromatic nitrogens is 2. The lowest BCUT2D eigenvalue weighted by Crippen LogP contribution is -2.40. The van der Waals surface area contributed by atoms with Crippen molar-refractivity contribution in [2.45, 2.75) is 52.4 Å². The van der Waals surface area contributed by atoms with Crippen molar-refractivity contribution in [3.63, 3.8) is 0 Å². The van der Waals surface area contributed by atoms with Crippen molar-refractivity contribution in [3.8, 4) is 0 Å². The second-order valence-electron chi connectivity index (χ2n) is 5.03. The summed E-state index contributed by atoms with van der Waals surface area (Å²) in [6.45, 7) is 6.46. The summed E-state index contributed by atoms with van der Waals surface area (Å²) in [6, 6.07) is 0.279. The lowest BCUT2D eigenvalue weighted by atomic mass is 10.3. The predicted octanol–water partition coefficient (Wildman–Crippen LogP) is 3.52. The zero-order valence-corrected chi connectivity index (χ0v) is 14.3. The number of alkyl halides is 3. The molecule has 9 heteroatoms. The highest BCUT2D eigenvalue weighted by molar-refractivity contribution is 7.80. The summed E-state index contributed by atoms with van der Waals surface area (Å²) in [6.07, 6.45) is -3.00. The topological polar surface area (TPSA) is 41.9 Å². The second-order valence-corrected chi connectivity index (χ2v) is 5.82. The number of nitrogens with zero attached hydrogens (tertiary/aromatic N) is 2. The Balaban J connectivity index is 2.48. The van der Waals surface area contributed by atoms with Gasteiger partial charge in [-0.1, -0.05) is 18.5 Å². The van der Waals surface area contributed by atoms with E-state index in [1.54, 1.807) is 0 Å². The molecule has 0 fully saturated rings. The Labute approximate surface area is 138 Å². The first-order valence-corrected chi connectivity index (χ1v) is 7.79. The molecule has 1 aromatic rings. The Kier molecular flexibility index (Phi) is 6.93. The van der Waals surface area contributed by atoms with Crippen molar-refractivity contribution >= 4 is 28.9 Å². The molecule has 0 radical (unpaired) electrons. The fourth-order valence-corrected chi connectivity index (χ4v) is 2.28. The fraction of sp³-hybridized carbons (Fsp3) is 0.692. The van der Waals surface area contributed by atoms with Gasteiger partial charge in [-0.05, 0) is 38.9 Å². The van der Waals surface area contributed by atoms with Gasteiger partial charge in [0.15, 0.2) is 10.8 Å². The smallest absolute Gasteiger partial charge is 0.363 e. The van der Waals surface area contributed by atoms with Crippen LogP contribution in [0.2, 0.25) is 5.02 Å². The van der Waals surface area contributed by atoms with E-state index in [0.29, 0.717) is 30.3 Å². The molecule has 0 aliphatic carbocycles. The van der Waals surface area contributed by atoms with Gasteiger partial charge in [-0.2, -0.15) is 18.3 Å². The summed E-state index contributed by atoms with van der Waals surface area (Å²) in [7, 11) is 0. The van der Waals surface area contributed by atoms with Crippen molar-refractivity contribution in [3.05, 3.63) is 16.4 Å². The molecular formula is C13H20ClF3N4S. The van der Waals surface area contributed by atoms with E-state index in [1.165, 1.54) is 11.6 Å². The number of hydrogen-bond acceptors (Lipinski definition) is 2. The number of rotatable bonds is 6. The minimum absolute atomic E-state index is 0.279. The minimum Gasteiger partial charge on any atom is -0.363 e. The Bertz CT molecular complexity index is 516. The van der Waals surface area contributed by atoms with Gasteiger partial charge in [0, 0.05) is 19.1 Å². The lowest BCUT2D eigenvalue weighted by Gasteiger charge is -2.15. The molecule has 0 saturated heterocycles. The van der Waals surface area contributed by atoms with E-state index in [2.05, 4.69) is 15.7 Å². The molecule has 126 valence electrons. The highest BCUT2D eigenvalue weighted by atomic mass is 35.5. The molecule has 1 heterocycles. The minimum atomic E-state index is -4.53. The Morgan fingerprint density at radius 3 is 2.59 bits per heavy atom. The van der Waals surface area contributed by atoms with Crippen LogP contribution < -0.4 is 10.6 Å². The van der Waals surface area contributed by atoms with Crippen LogP contribution in [-0.4, -0.2) is 27.5 Å². The van der Waals surface area contributed by atoms with Gasteiger partial charge in [-0.25, -0.2) is 0 Å². The third kappa shape index (κ3) is 5.31. The standard InChI is InChI=1S/C13H20ClF3N4S/c1-4-8(2)19-12(22)18-6-5-7-21-9(3)10(14)11(20-21)13(15,16)17/h8H,4-7H2,1-3H3,(H2,18,19,22). The van der Waals surface area contributed by atoms with Gasteiger partial charge in [-0.15, -0.1) is 0 Å². The molecule has 22 heavy (non-hydrogen) atoms. The van der Waals surface area contributed by atoms with Gasteiger partial charge in [0.25, 0.3) is 0 Å². The molecule has 0 aliphatic heterocycles. The maximum atomic E-state index is 12.7. The SMILES string of the molecule is CCC(C)NC(=S)NCCCn1nc(C(F)(F)F)c(Cl)c1C. The second kappa shape index (κ2) is 8.01. The molecule has 1 unspecified atom stereocenters. The van der Waals surface area contributed by atoms with E-state index in [1.807, 2.05) is 13.8 Å². The van der Waals surface area contributed by atoms with Crippen molar-refractivity contribution in [1.82, 2.24) is 20.4 Å². The summed E-state index contributed by atoms with van der Waals surface area (Å²) in [4.78, 5) is 0. The van der Waals surface area contributed by atoms with E-state index in [4.69, 9.17) is 23.8 Å². The van der Waals surface area contributed by atoms with Crippen LogP contribution in [0.15, 0.2) is 0 Å². The van der Waals surface area contributed by atoms with Gasteiger partial charge in [0.05, 0.1) is 10.7 Å². The van der Waals surface area contributed by atoms with Crippen LogP contribution in [0.25, 0.3) is 0 Å². The van der Waals surface area contributed by atoms with Crippen LogP contribution in [0.1, 0.15) is 38.1 Å². The highest BCUT2D eigenvalue weighted by Gasteiger charge is 2.38. The third-order valence-electron chi connectivity index (χ3n) is 3.22. The molecule has 0 aromatic carbocycles. The monoisotopic (exact) mass is 356 g/mol. The van der Waals surface area contributed by atoms with Crippen molar-refractivity contribution in [2.75, 3.05) is 6.54 Å². The molecule has 0 saturated carbocycles. The van der Waals surface area contributed by atoms with Gasteiger partial charge in [0.2, 0.25) is 0 Å². The maximum Gasteiger partial charge on any atom is 0.436 e. The lowest BCUT2D eigenvalue weighted by molar-refractivity contribution is -0.141. The Morgan fingerprint density at radius 2 is 2.09 bits per heavy atom. The first kappa shape index (κ1) is 19.0. The third-order valence-corrected chi connectivity index (χ3v) is 3.94. The maximum absolute atomic E-state index is 12.7. The van der Waals surface area contributed by atoms with E-state index in [0.717, 1.165) is 6.42 Å². The molecule has 0 bridgehead atoms. The van der Waals surface area contributed by atoms with Gasteiger partial charge in [0.1, 0.15) is 0 Å². The fourth-order valence-electron chi connectivity index (χ4n) is 1.73. The van der Waals surface area contributed by atoms with Crippen molar-refractivity contribution in [2.24, 2.45) is 0 Å². The quantitative estimate of drug-likeness (QED) is 0.604. The van der Waals surface area contributed by atoms with Crippen LogP contribution in [-0.2, 0) is 12.7 Å². The van der Waals surface area contributed by atoms with Crippen molar-refractivity contribution in [1.29, 1.82) is 0 Å². The van der Waals surface area contributed by atoms with Crippen LogP contribution >= 0.6 is 23.8 Å². The molecule has 0 amide bonds. The van der Waals surface area contributed by atoms with E-state index in [-0.39, 0.29) is 11.1 Å². The number of nitrogens with one attached hydrogen (secondary N) is 2. The zero-order valence-electron chi connectivity index (χ0n) is 12.7. The van der Waals surface area contributed by atoms with E-state index < -0.39 is 11.9 Å². The molecule has 4 nitrogen and oxygen atoms in total. The van der Waals surface area contributed by atoms with E-state index >= 15 is 0 Å². The van der Waals surface area contributed by atoms with Crippen LogP contribution in [0.5, 0.6) is 0 Å². The first-order chi connectivity index (χ1) is 10.2. The first-order valence-electron chi connectivity index (χ1n) is 7.01.